The Labute approximate surface area is 92.1 Å². The normalized spacial score (nSPS) is 26.7. The molecule has 1 fully saturated rings. The lowest BCUT2D eigenvalue weighted by Gasteiger charge is -2.41. The highest BCUT2D eigenvalue weighted by Crippen LogP contribution is 2.25. The van der Waals surface area contributed by atoms with Gasteiger partial charge in [0, 0.05) is 24.3 Å². The van der Waals surface area contributed by atoms with Crippen molar-refractivity contribution in [3.8, 4) is 0 Å². The molecule has 1 aromatic rings. The van der Waals surface area contributed by atoms with Crippen molar-refractivity contribution >= 4 is 5.69 Å². The van der Waals surface area contributed by atoms with E-state index in [0.717, 1.165) is 13.0 Å². The number of hydrogen-bond acceptors (Lipinski definition) is 2. The molecule has 1 aliphatic heterocycles. The van der Waals surface area contributed by atoms with Gasteiger partial charge >= 0.3 is 0 Å². The van der Waals surface area contributed by atoms with Crippen LogP contribution in [0.2, 0.25) is 0 Å². The molecule has 2 rings (SSSR count). The van der Waals surface area contributed by atoms with E-state index in [-0.39, 0.29) is 0 Å². The van der Waals surface area contributed by atoms with E-state index in [1.807, 2.05) is 0 Å². The quantitative estimate of drug-likeness (QED) is 0.801. The summed E-state index contributed by atoms with van der Waals surface area (Å²) in [7, 11) is 0. The minimum absolute atomic E-state index is 0.337. The maximum atomic E-state index is 6.18. The number of nitrogens with zero attached hydrogens (tertiary/aromatic N) is 1. The molecule has 2 heteroatoms. The average molecular weight is 204 g/mol. The Morgan fingerprint density at radius 3 is 2.73 bits per heavy atom. The second-order valence-electron chi connectivity index (χ2n) is 4.31. The Bertz CT molecular complexity index is 297. The van der Waals surface area contributed by atoms with Crippen LogP contribution in [0.15, 0.2) is 30.3 Å². The number of anilines is 1. The zero-order valence-electron chi connectivity index (χ0n) is 9.39. The first-order valence-corrected chi connectivity index (χ1v) is 5.90. The lowest BCUT2D eigenvalue weighted by Crippen LogP contribution is -2.51. The highest BCUT2D eigenvalue weighted by atomic mass is 15.2. The van der Waals surface area contributed by atoms with Gasteiger partial charge in [-0.05, 0) is 31.4 Å². The number of hydrogen-bond donors (Lipinski definition) is 1. The Hall–Kier alpha value is -1.02. The van der Waals surface area contributed by atoms with E-state index < -0.39 is 0 Å². The molecule has 1 saturated heterocycles. The van der Waals surface area contributed by atoms with Crippen LogP contribution in [-0.4, -0.2) is 18.6 Å². The van der Waals surface area contributed by atoms with Crippen molar-refractivity contribution in [2.75, 3.05) is 11.4 Å². The third kappa shape index (κ3) is 2.15. The standard InChI is InChI=1S/C13H20N2/c1-2-13-12(14)9-6-10-15(13)11-7-4-3-5-8-11/h3-5,7-8,12-13H,2,6,9-10,14H2,1H3/t12-,13-/m0/s1. The van der Waals surface area contributed by atoms with E-state index in [4.69, 9.17) is 5.73 Å². The summed E-state index contributed by atoms with van der Waals surface area (Å²) in [6.45, 7) is 3.38. The monoisotopic (exact) mass is 204 g/mol. The number of benzene rings is 1. The fourth-order valence-corrected chi connectivity index (χ4v) is 2.55. The number of para-hydroxylation sites is 1. The zero-order valence-corrected chi connectivity index (χ0v) is 9.39. The van der Waals surface area contributed by atoms with Crippen molar-refractivity contribution in [3.05, 3.63) is 30.3 Å². The van der Waals surface area contributed by atoms with Gasteiger partial charge in [0.25, 0.3) is 0 Å². The van der Waals surface area contributed by atoms with Crippen LogP contribution in [-0.2, 0) is 0 Å². The minimum Gasteiger partial charge on any atom is -0.367 e. The van der Waals surface area contributed by atoms with Crippen LogP contribution in [0.3, 0.4) is 0 Å². The summed E-state index contributed by atoms with van der Waals surface area (Å²) in [6, 6.07) is 11.5. The third-order valence-electron chi connectivity index (χ3n) is 3.34. The molecular formula is C13H20N2. The molecule has 1 aromatic carbocycles. The summed E-state index contributed by atoms with van der Waals surface area (Å²) >= 11 is 0. The number of rotatable bonds is 2. The average Bonchev–Trinajstić information content (AvgIpc) is 2.30. The van der Waals surface area contributed by atoms with Crippen LogP contribution < -0.4 is 10.6 Å². The second kappa shape index (κ2) is 4.67. The van der Waals surface area contributed by atoms with Gasteiger partial charge in [0.15, 0.2) is 0 Å². The van der Waals surface area contributed by atoms with Crippen molar-refractivity contribution in [3.63, 3.8) is 0 Å². The van der Waals surface area contributed by atoms with Gasteiger partial charge in [0.2, 0.25) is 0 Å². The number of piperidine rings is 1. The molecule has 0 spiro atoms. The van der Waals surface area contributed by atoms with E-state index in [0.29, 0.717) is 12.1 Å². The summed E-state index contributed by atoms with van der Waals surface area (Å²) in [5, 5.41) is 0. The molecule has 0 bridgehead atoms. The maximum Gasteiger partial charge on any atom is 0.0438 e. The van der Waals surface area contributed by atoms with Crippen LogP contribution in [0.1, 0.15) is 26.2 Å². The first-order chi connectivity index (χ1) is 7.33. The van der Waals surface area contributed by atoms with Crippen LogP contribution >= 0.6 is 0 Å². The van der Waals surface area contributed by atoms with Gasteiger partial charge < -0.3 is 10.6 Å². The van der Waals surface area contributed by atoms with Crippen molar-refractivity contribution in [2.24, 2.45) is 5.73 Å². The van der Waals surface area contributed by atoms with Gasteiger partial charge in [-0.2, -0.15) is 0 Å². The summed E-state index contributed by atoms with van der Waals surface area (Å²) < 4.78 is 0. The lowest BCUT2D eigenvalue weighted by atomic mass is 9.94. The fourth-order valence-electron chi connectivity index (χ4n) is 2.55. The maximum absolute atomic E-state index is 6.18. The van der Waals surface area contributed by atoms with Gasteiger partial charge in [0.05, 0.1) is 0 Å². The van der Waals surface area contributed by atoms with E-state index in [1.54, 1.807) is 0 Å². The molecule has 1 heterocycles. The van der Waals surface area contributed by atoms with Crippen LogP contribution in [0, 0.1) is 0 Å². The van der Waals surface area contributed by atoms with E-state index in [1.165, 1.54) is 18.5 Å². The fraction of sp³-hybridized carbons (Fsp3) is 0.538. The number of nitrogens with two attached hydrogens (primary N) is 1. The molecular weight excluding hydrogens is 184 g/mol. The highest BCUT2D eigenvalue weighted by Gasteiger charge is 2.27. The Kier molecular flexibility index (Phi) is 3.27. The first kappa shape index (κ1) is 10.5. The SMILES string of the molecule is CC[C@H]1[C@@H](N)CCCN1c1ccccc1. The van der Waals surface area contributed by atoms with Crippen LogP contribution in [0.5, 0.6) is 0 Å². The van der Waals surface area contributed by atoms with Crippen molar-refractivity contribution < 1.29 is 0 Å². The molecule has 1 aliphatic rings. The predicted octanol–water partition coefficient (Wildman–Crippen LogP) is 2.39. The third-order valence-corrected chi connectivity index (χ3v) is 3.34. The molecule has 0 unspecified atom stereocenters. The largest absolute Gasteiger partial charge is 0.367 e. The van der Waals surface area contributed by atoms with Gasteiger partial charge in [-0.25, -0.2) is 0 Å². The van der Waals surface area contributed by atoms with E-state index in [2.05, 4.69) is 42.2 Å². The molecule has 15 heavy (non-hydrogen) atoms. The second-order valence-corrected chi connectivity index (χ2v) is 4.31. The molecule has 2 nitrogen and oxygen atoms in total. The van der Waals surface area contributed by atoms with Crippen molar-refractivity contribution in [1.29, 1.82) is 0 Å². The molecule has 2 N–H and O–H groups in total. The Morgan fingerprint density at radius 2 is 2.07 bits per heavy atom. The van der Waals surface area contributed by atoms with E-state index >= 15 is 0 Å². The highest BCUT2D eigenvalue weighted by molar-refractivity contribution is 5.47. The van der Waals surface area contributed by atoms with Crippen LogP contribution in [0.4, 0.5) is 5.69 Å². The summed E-state index contributed by atoms with van der Waals surface area (Å²) in [6.07, 6.45) is 3.52. The van der Waals surface area contributed by atoms with Gasteiger partial charge in [-0.1, -0.05) is 25.1 Å². The zero-order chi connectivity index (χ0) is 10.7. The summed E-state index contributed by atoms with van der Waals surface area (Å²) in [5.41, 5.74) is 7.49. The Morgan fingerprint density at radius 1 is 1.33 bits per heavy atom. The van der Waals surface area contributed by atoms with E-state index in [9.17, 15) is 0 Å². The topological polar surface area (TPSA) is 29.3 Å². The van der Waals surface area contributed by atoms with Crippen LogP contribution in [0.25, 0.3) is 0 Å². The minimum atomic E-state index is 0.337. The van der Waals surface area contributed by atoms with Crippen molar-refractivity contribution in [1.82, 2.24) is 0 Å². The first-order valence-electron chi connectivity index (χ1n) is 5.90. The lowest BCUT2D eigenvalue weighted by molar-refractivity contribution is 0.392. The summed E-state index contributed by atoms with van der Waals surface area (Å²) in [5.74, 6) is 0. The predicted molar refractivity (Wildman–Crippen MR) is 65.1 cm³/mol. The van der Waals surface area contributed by atoms with Crippen molar-refractivity contribution in [2.45, 2.75) is 38.3 Å². The molecule has 2 atom stereocenters. The molecule has 0 radical (unpaired) electrons. The molecule has 82 valence electrons. The molecule has 0 aliphatic carbocycles. The molecule has 0 aromatic heterocycles. The molecule has 0 amide bonds. The summed E-state index contributed by atoms with van der Waals surface area (Å²) in [4.78, 5) is 2.47. The molecule has 0 saturated carbocycles. The smallest absolute Gasteiger partial charge is 0.0438 e. The van der Waals surface area contributed by atoms with Gasteiger partial charge in [-0.15, -0.1) is 0 Å². The Balaban J connectivity index is 2.19. The van der Waals surface area contributed by atoms with Gasteiger partial charge in [0.1, 0.15) is 0 Å². The van der Waals surface area contributed by atoms with Gasteiger partial charge in [-0.3, -0.25) is 0 Å².